The fraction of sp³-hybridized carbons (Fsp3) is 1.00. The molecule has 1 unspecified atom stereocenters. The summed E-state index contributed by atoms with van der Waals surface area (Å²) in [5.41, 5.74) is 0. The molecule has 0 aromatic heterocycles. The molecule has 0 spiro atoms. The van der Waals surface area contributed by atoms with E-state index in [1.165, 1.54) is 89.9 Å². The number of aliphatic hydroxyl groups excluding tert-OH is 1. The third kappa shape index (κ3) is 29.5. The molecule has 0 aliphatic heterocycles. The molecule has 4 nitrogen and oxygen atoms in total. The van der Waals surface area contributed by atoms with Crippen molar-refractivity contribution in [3.05, 3.63) is 0 Å². The number of unbranched alkanes of at least 4 members (excludes halogenated alkanes) is 17. The van der Waals surface area contributed by atoms with Crippen LogP contribution in [0.15, 0.2) is 0 Å². The van der Waals surface area contributed by atoms with Crippen LogP contribution in [0.25, 0.3) is 0 Å². The SMILES string of the molecule is CCCCC(O)CCCCCCCCCCCCCCCCCCCS(=O)(=O)[O-].[K+]. The molecule has 0 heterocycles. The van der Waals surface area contributed by atoms with Gasteiger partial charge in [0.05, 0.1) is 16.2 Å². The normalized spacial score (nSPS) is 12.6. The molecule has 0 aliphatic carbocycles. The van der Waals surface area contributed by atoms with E-state index in [0.29, 0.717) is 6.42 Å². The van der Waals surface area contributed by atoms with E-state index in [1.807, 2.05) is 0 Å². The summed E-state index contributed by atoms with van der Waals surface area (Å²) in [5.74, 6) is -0.198. The predicted octanol–water partition coefficient (Wildman–Crippen LogP) is 4.11. The summed E-state index contributed by atoms with van der Waals surface area (Å²) >= 11 is 0. The predicted molar refractivity (Wildman–Crippen MR) is 123 cm³/mol. The van der Waals surface area contributed by atoms with Crippen molar-refractivity contribution >= 4 is 10.1 Å². The Bertz CT molecular complexity index is 429. The minimum Gasteiger partial charge on any atom is -0.748 e. The molecule has 0 saturated heterocycles. The van der Waals surface area contributed by atoms with Crippen LogP contribution in [0.4, 0.5) is 0 Å². The monoisotopic (exact) mass is 472 g/mol. The summed E-state index contributed by atoms with van der Waals surface area (Å²) < 4.78 is 31.5. The van der Waals surface area contributed by atoms with E-state index < -0.39 is 10.1 Å². The molecule has 0 aliphatic rings. The Labute approximate surface area is 230 Å². The van der Waals surface area contributed by atoms with E-state index in [0.717, 1.165) is 38.5 Å². The summed E-state index contributed by atoms with van der Waals surface area (Å²) in [7, 11) is -4.01. The van der Waals surface area contributed by atoms with Crippen LogP contribution in [-0.4, -0.2) is 29.9 Å². The van der Waals surface area contributed by atoms with Gasteiger partial charge in [0.25, 0.3) is 0 Å². The summed E-state index contributed by atoms with van der Waals surface area (Å²) in [6.07, 6.45) is 25.0. The maximum absolute atomic E-state index is 10.5. The summed E-state index contributed by atoms with van der Waals surface area (Å²) in [5, 5.41) is 9.81. The van der Waals surface area contributed by atoms with E-state index in [1.54, 1.807) is 0 Å². The van der Waals surface area contributed by atoms with Crippen molar-refractivity contribution in [1.82, 2.24) is 0 Å². The molecule has 0 amide bonds. The van der Waals surface area contributed by atoms with Gasteiger partial charge in [-0.2, -0.15) is 0 Å². The first-order valence-electron chi connectivity index (χ1n) is 12.6. The zero-order valence-corrected chi connectivity index (χ0v) is 24.2. The average Bonchev–Trinajstić information content (AvgIpc) is 2.67. The molecule has 1 atom stereocenters. The van der Waals surface area contributed by atoms with Crippen molar-refractivity contribution in [3.63, 3.8) is 0 Å². The standard InChI is InChI=1S/C24H50O4S.K/c1-2-3-21-24(25)22-19-17-15-13-11-9-7-5-4-6-8-10-12-14-16-18-20-23-29(26,27)28;/h24-25H,2-23H2,1H3,(H,26,27,28);/q;+1/p-1. The van der Waals surface area contributed by atoms with Crippen molar-refractivity contribution in [2.45, 2.75) is 148 Å². The second kappa shape index (κ2) is 25.1. The fourth-order valence-electron chi connectivity index (χ4n) is 3.89. The fourth-order valence-corrected chi connectivity index (χ4v) is 4.45. The minimum absolute atomic E-state index is 0. The van der Waals surface area contributed by atoms with Gasteiger partial charge in [0.1, 0.15) is 0 Å². The number of hydrogen-bond acceptors (Lipinski definition) is 4. The van der Waals surface area contributed by atoms with Crippen molar-refractivity contribution in [3.8, 4) is 0 Å². The third-order valence-electron chi connectivity index (χ3n) is 5.82. The first-order chi connectivity index (χ1) is 14.0. The summed E-state index contributed by atoms with van der Waals surface area (Å²) in [4.78, 5) is 0. The van der Waals surface area contributed by atoms with Gasteiger partial charge in [-0.1, -0.05) is 122 Å². The van der Waals surface area contributed by atoms with Gasteiger partial charge in [-0.3, -0.25) is 0 Å². The maximum Gasteiger partial charge on any atom is 1.00 e. The summed E-state index contributed by atoms with van der Waals surface area (Å²) in [6, 6.07) is 0. The third-order valence-corrected chi connectivity index (χ3v) is 6.61. The maximum atomic E-state index is 10.5. The number of aliphatic hydroxyl groups is 1. The second-order valence-electron chi connectivity index (χ2n) is 8.86. The smallest absolute Gasteiger partial charge is 0.748 e. The van der Waals surface area contributed by atoms with Crippen molar-refractivity contribution in [2.24, 2.45) is 0 Å². The first kappa shape index (κ1) is 33.7. The van der Waals surface area contributed by atoms with Gasteiger partial charge in [0, 0.05) is 5.75 Å². The molecule has 176 valence electrons. The molecule has 0 fully saturated rings. The molecule has 0 bridgehead atoms. The van der Waals surface area contributed by atoms with E-state index in [2.05, 4.69) is 6.92 Å². The Balaban J connectivity index is 0. The Kier molecular flexibility index (Phi) is 28.2. The molecule has 0 radical (unpaired) electrons. The molecule has 0 rings (SSSR count). The van der Waals surface area contributed by atoms with Gasteiger partial charge >= 0.3 is 51.4 Å². The van der Waals surface area contributed by atoms with Gasteiger partial charge in [-0.25, -0.2) is 8.42 Å². The topological polar surface area (TPSA) is 77.4 Å². The zero-order chi connectivity index (χ0) is 21.6. The van der Waals surface area contributed by atoms with Gasteiger partial charge in [-0.15, -0.1) is 0 Å². The Hall–Kier alpha value is 1.51. The number of hydrogen-bond donors (Lipinski definition) is 1. The van der Waals surface area contributed by atoms with E-state index in [9.17, 15) is 18.1 Å². The molecule has 0 aromatic carbocycles. The second-order valence-corrected chi connectivity index (χ2v) is 10.4. The molecular formula is C24H49KO4S. The van der Waals surface area contributed by atoms with Gasteiger partial charge in [-0.05, 0) is 19.3 Å². The van der Waals surface area contributed by atoms with E-state index >= 15 is 0 Å². The largest absolute Gasteiger partial charge is 1.00 e. The van der Waals surface area contributed by atoms with Gasteiger partial charge in [0.15, 0.2) is 0 Å². The zero-order valence-electron chi connectivity index (χ0n) is 20.2. The molecule has 0 saturated carbocycles. The van der Waals surface area contributed by atoms with Crippen LogP contribution in [0.5, 0.6) is 0 Å². The molecule has 1 N–H and O–H groups in total. The number of rotatable bonds is 23. The molecule has 0 aromatic rings. The minimum atomic E-state index is -4.01. The quantitative estimate of drug-likeness (QED) is 0.138. The Morgan fingerprint density at radius 2 is 0.900 bits per heavy atom. The van der Waals surface area contributed by atoms with Crippen LogP contribution < -0.4 is 51.4 Å². The first-order valence-corrected chi connectivity index (χ1v) is 14.1. The van der Waals surface area contributed by atoms with Crippen molar-refractivity contribution in [1.29, 1.82) is 0 Å². The van der Waals surface area contributed by atoms with Gasteiger partial charge in [0.2, 0.25) is 0 Å². The molecular weight excluding hydrogens is 423 g/mol. The van der Waals surface area contributed by atoms with Crippen LogP contribution in [0.2, 0.25) is 0 Å². The van der Waals surface area contributed by atoms with Crippen LogP contribution in [-0.2, 0) is 10.1 Å². The Morgan fingerprint density at radius 3 is 1.23 bits per heavy atom. The van der Waals surface area contributed by atoms with Crippen molar-refractivity contribution in [2.75, 3.05) is 5.75 Å². The van der Waals surface area contributed by atoms with Crippen molar-refractivity contribution < 1.29 is 69.5 Å². The van der Waals surface area contributed by atoms with Crippen LogP contribution >= 0.6 is 0 Å². The van der Waals surface area contributed by atoms with Gasteiger partial charge < -0.3 is 9.66 Å². The summed E-state index contributed by atoms with van der Waals surface area (Å²) in [6.45, 7) is 2.18. The molecule has 6 heteroatoms. The Morgan fingerprint density at radius 1 is 0.600 bits per heavy atom. The van der Waals surface area contributed by atoms with Crippen LogP contribution in [0.1, 0.15) is 142 Å². The molecule has 30 heavy (non-hydrogen) atoms. The van der Waals surface area contributed by atoms with Crippen LogP contribution in [0, 0.1) is 0 Å². The van der Waals surface area contributed by atoms with Crippen LogP contribution in [0.3, 0.4) is 0 Å². The van der Waals surface area contributed by atoms with E-state index in [-0.39, 0.29) is 63.2 Å². The van der Waals surface area contributed by atoms with E-state index in [4.69, 9.17) is 0 Å². The average molecular weight is 473 g/mol.